The summed E-state index contributed by atoms with van der Waals surface area (Å²) < 4.78 is 2.10. The van der Waals surface area contributed by atoms with Crippen molar-refractivity contribution >= 4 is 5.82 Å². The van der Waals surface area contributed by atoms with Gasteiger partial charge in [-0.1, -0.05) is 0 Å². The van der Waals surface area contributed by atoms with Gasteiger partial charge in [0.15, 0.2) is 0 Å². The molecule has 0 radical (unpaired) electrons. The SMILES string of the molecule is C[C@H](Cn1ccnc1)NC1CCN(c2ncccc2C#N)CC1. The molecule has 6 nitrogen and oxygen atoms in total. The van der Waals surface area contributed by atoms with Gasteiger partial charge >= 0.3 is 0 Å². The van der Waals surface area contributed by atoms with Crippen LogP contribution in [0, 0.1) is 11.3 Å². The summed E-state index contributed by atoms with van der Waals surface area (Å²) in [5, 5.41) is 12.9. The predicted molar refractivity (Wildman–Crippen MR) is 89.0 cm³/mol. The Balaban J connectivity index is 1.51. The predicted octanol–water partition coefficient (Wildman–Crippen LogP) is 1.80. The fourth-order valence-electron chi connectivity index (χ4n) is 3.16. The van der Waals surface area contributed by atoms with Gasteiger partial charge in [-0.2, -0.15) is 5.26 Å². The number of hydrogen-bond donors (Lipinski definition) is 1. The number of pyridine rings is 1. The van der Waals surface area contributed by atoms with E-state index in [1.54, 1.807) is 6.20 Å². The molecule has 0 saturated carbocycles. The van der Waals surface area contributed by atoms with Gasteiger partial charge in [0.1, 0.15) is 11.9 Å². The van der Waals surface area contributed by atoms with Crippen LogP contribution in [-0.4, -0.2) is 39.7 Å². The Hall–Kier alpha value is -2.39. The van der Waals surface area contributed by atoms with Crippen LogP contribution in [0.2, 0.25) is 0 Å². The number of piperidine rings is 1. The molecule has 0 aliphatic carbocycles. The number of rotatable bonds is 5. The van der Waals surface area contributed by atoms with Crippen LogP contribution in [0.5, 0.6) is 0 Å². The maximum atomic E-state index is 9.21. The van der Waals surface area contributed by atoms with Crippen LogP contribution in [0.1, 0.15) is 25.3 Å². The summed E-state index contributed by atoms with van der Waals surface area (Å²) in [6.45, 7) is 5.00. The van der Waals surface area contributed by atoms with E-state index in [4.69, 9.17) is 0 Å². The fourth-order valence-corrected chi connectivity index (χ4v) is 3.16. The molecule has 120 valence electrons. The molecule has 1 fully saturated rings. The van der Waals surface area contributed by atoms with Gasteiger partial charge in [0, 0.05) is 50.3 Å². The molecular formula is C17H22N6. The van der Waals surface area contributed by atoms with Crippen LogP contribution >= 0.6 is 0 Å². The summed E-state index contributed by atoms with van der Waals surface area (Å²) in [5.41, 5.74) is 0.660. The Morgan fingerprint density at radius 1 is 1.39 bits per heavy atom. The molecule has 0 aromatic carbocycles. The van der Waals surface area contributed by atoms with Crippen LogP contribution in [0.25, 0.3) is 0 Å². The molecule has 3 heterocycles. The van der Waals surface area contributed by atoms with Crippen LogP contribution < -0.4 is 10.2 Å². The molecule has 1 N–H and O–H groups in total. The van der Waals surface area contributed by atoms with Gasteiger partial charge in [0.05, 0.1) is 11.9 Å². The van der Waals surface area contributed by atoms with Crippen molar-refractivity contribution in [3.63, 3.8) is 0 Å². The zero-order valence-electron chi connectivity index (χ0n) is 13.4. The van der Waals surface area contributed by atoms with Crippen molar-refractivity contribution in [3.8, 4) is 6.07 Å². The number of aromatic nitrogens is 3. The van der Waals surface area contributed by atoms with Gasteiger partial charge in [0.25, 0.3) is 0 Å². The molecule has 1 aliphatic heterocycles. The first-order valence-electron chi connectivity index (χ1n) is 8.08. The molecule has 0 amide bonds. The summed E-state index contributed by atoms with van der Waals surface area (Å²) in [5.74, 6) is 0.819. The van der Waals surface area contributed by atoms with Crippen molar-refractivity contribution in [1.82, 2.24) is 19.9 Å². The molecule has 0 bridgehead atoms. The van der Waals surface area contributed by atoms with Crippen molar-refractivity contribution in [2.75, 3.05) is 18.0 Å². The molecule has 1 atom stereocenters. The second kappa shape index (κ2) is 7.25. The van der Waals surface area contributed by atoms with Crippen LogP contribution in [0.15, 0.2) is 37.1 Å². The lowest BCUT2D eigenvalue weighted by Crippen LogP contribution is -2.46. The number of nitrogens with zero attached hydrogens (tertiary/aromatic N) is 5. The summed E-state index contributed by atoms with van der Waals surface area (Å²) in [7, 11) is 0. The molecular weight excluding hydrogens is 288 g/mol. The number of hydrogen-bond acceptors (Lipinski definition) is 5. The first-order valence-corrected chi connectivity index (χ1v) is 8.08. The molecule has 23 heavy (non-hydrogen) atoms. The van der Waals surface area contributed by atoms with Crippen molar-refractivity contribution < 1.29 is 0 Å². The Kier molecular flexibility index (Phi) is 4.89. The lowest BCUT2D eigenvalue weighted by molar-refractivity contribution is 0.355. The van der Waals surface area contributed by atoms with Gasteiger partial charge in [-0.05, 0) is 31.9 Å². The van der Waals surface area contributed by atoms with Crippen molar-refractivity contribution in [3.05, 3.63) is 42.6 Å². The maximum Gasteiger partial charge on any atom is 0.146 e. The topological polar surface area (TPSA) is 69.8 Å². The third kappa shape index (κ3) is 3.88. The van der Waals surface area contributed by atoms with Crippen molar-refractivity contribution in [1.29, 1.82) is 5.26 Å². The molecule has 1 saturated heterocycles. The highest BCUT2D eigenvalue weighted by Gasteiger charge is 2.22. The number of anilines is 1. The Labute approximate surface area is 136 Å². The average Bonchev–Trinajstić information content (AvgIpc) is 3.08. The normalized spacial score (nSPS) is 17.0. The van der Waals surface area contributed by atoms with Gasteiger partial charge in [0.2, 0.25) is 0 Å². The average molecular weight is 310 g/mol. The number of imidazole rings is 1. The number of nitriles is 1. The Bertz CT molecular complexity index is 652. The van der Waals surface area contributed by atoms with Crippen LogP contribution in [0.4, 0.5) is 5.82 Å². The maximum absolute atomic E-state index is 9.21. The first-order chi connectivity index (χ1) is 11.3. The largest absolute Gasteiger partial charge is 0.355 e. The van der Waals surface area contributed by atoms with Gasteiger partial charge < -0.3 is 14.8 Å². The summed E-state index contributed by atoms with van der Waals surface area (Å²) in [6.07, 6.45) is 9.54. The number of nitrogens with one attached hydrogen (secondary N) is 1. The molecule has 1 aliphatic rings. The van der Waals surface area contributed by atoms with E-state index in [1.165, 1.54) is 0 Å². The molecule has 2 aromatic rings. The minimum Gasteiger partial charge on any atom is -0.355 e. The molecule has 3 rings (SSSR count). The summed E-state index contributed by atoms with van der Waals surface area (Å²) in [4.78, 5) is 10.7. The minimum absolute atomic E-state index is 0.408. The smallest absolute Gasteiger partial charge is 0.146 e. The third-order valence-electron chi connectivity index (χ3n) is 4.27. The van der Waals surface area contributed by atoms with Gasteiger partial charge in [-0.3, -0.25) is 0 Å². The van der Waals surface area contributed by atoms with E-state index in [1.807, 2.05) is 30.9 Å². The van der Waals surface area contributed by atoms with E-state index >= 15 is 0 Å². The van der Waals surface area contributed by atoms with Gasteiger partial charge in [-0.25, -0.2) is 9.97 Å². The van der Waals surface area contributed by atoms with Crippen molar-refractivity contribution in [2.24, 2.45) is 0 Å². The van der Waals surface area contributed by atoms with E-state index in [0.717, 1.165) is 38.3 Å². The molecule has 0 spiro atoms. The molecule has 0 unspecified atom stereocenters. The highest BCUT2D eigenvalue weighted by Crippen LogP contribution is 2.21. The van der Waals surface area contributed by atoms with E-state index in [2.05, 4.69) is 37.7 Å². The first kappa shape index (κ1) is 15.5. The second-order valence-corrected chi connectivity index (χ2v) is 6.07. The monoisotopic (exact) mass is 310 g/mol. The lowest BCUT2D eigenvalue weighted by atomic mass is 10.0. The van der Waals surface area contributed by atoms with Gasteiger partial charge in [-0.15, -0.1) is 0 Å². The van der Waals surface area contributed by atoms with E-state index < -0.39 is 0 Å². The highest BCUT2D eigenvalue weighted by molar-refractivity contribution is 5.53. The van der Waals surface area contributed by atoms with E-state index in [-0.39, 0.29) is 0 Å². The minimum atomic E-state index is 0.408. The molecule has 6 heteroatoms. The highest BCUT2D eigenvalue weighted by atomic mass is 15.2. The van der Waals surface area contributed by atoms with Crippen LogP contribution in [-0.2, 0) is 6.54 Å². The second-order valence-electron chi connectivity index (χ2n) is 6.07. The van der Waals surface area contributed by atoms with E-state index in [0.29, 0.717) is 17.6 Å². The fraction of sp³-hybridized carbons (Fsp3) is 0.471. The summed E-state index contributed by atoms with van der Waals surface area (Å²) in [6, 6.07) is 6.80. The van der Waals surface area contributed by atoms with E-state index in [9.17, 15) is 5.26 Å². The zero-order valence-corrected chi connectivity index (χ0v) is 13.4. The molecule has 2 aromatic heterocycles. The standard InChI is InChI=1S/C17H22N6/c1-14(12-22-10-7-19-13-22)21-16-4-8-23(9-5-16)17-15(11-18)3-2-6-20-17/h2-3,6-7,10,13-14,16,21H,4-5,8-9,12H2,1H3/t14-/m1/s1. The summed E-state index contributed by atoms with van der Waals surface area (Å²) >= 11 is 0. The van der Waals surface area contributed by atoms with Crippen molar-refractivity contribution in [2.45, 2.75) is 38.4 Å². The zero-order chi connectivity index (χ0) is 16.1. The Morgan fingerprint density at radius 2 is 2.22 bits per heavy atom. The van der Waals surface area contributed by atoms with Crippen LogP contribution in [0.3, 0.4) is 0 Å². The third-order valence-corrected chi connectivity index (χ3v) is 4.27. The quantitative estimate of drug-likeness (QED) is 0.912. The lowest BCUT2D eigenvalue weighted by Gasteiger charge is -2.35. The Morgan fingerprint density at radius 3 is 2.91 bits per heavy atom.